The molecule has 0 fully saturated rings. The number of hydrogen-bond acceptors (Lipinski definition) is 6. The maximum absolute atomic E-state index is 12.1. The zero-order valence-electron chi connectivity index (χ0n) is 11.8. The van der Waals surface area contributed by atoms with Gasteiger partial charge in [0.15, 0.2) is 5.13 Å². The molecule has 0 spiro atoms. The highest BCUT2D eigenvalue weighted by molar-refractivity contribution is 7.22. The molecular weight excluding hydrogens is 330 g/mol. The standard InChI is InChI=1S/C15H11N5OS2/c21-14(17-15-16-10-4-1-2-5-13(10)23-15)9-20-8-11(18-19-20)12-6-3-7-22-12/h1-8H,9H2,(H,16,17,21). The molecule has 0 saturated carbocycles. The van der Waals surface area contributed by atoms with E-state index in [1.807, 2.05) is 41.8 Å². The summed E-state index contributed by atoms with van der Waals surface area (Å²) in [6.07, 6.45) is 1.77. The summed E-state index contributed by atoms with van der Waals surface area (Å²) in [4.78, 5) is 17.5. The van der Waals surface area contributed by atoms with Gasteiger partial charge in [-0.15, -0.1) is 16.4 Å². The largest absolute Gasteiger partial charge is 0.300 e. The second-order valence-corrected chi connectivity index (χ2v) is 6.79. The van der Waals surface area contributed by atoms with Gasteiger partial charge in [-0.05, 0) is 23.6 Å². The number of thiazole rings is 1. The molecule has 0 aliphatic carbocycles. The minimum Gasteiger partial charge on any atom is -0.300 e. The second kappa shape index (κ2) is 5.90. The molecule has 4 aromatic rings. The Morgan fingerprint density at radius 3 is 2.96 bits per heavy atom. The summed E-state index contributed by atoms with van der Waals surface area (Å²) in [6, 6.07) is 11.7. The van der Waals surface area contributed by atoms with Gasteiger partial charge in [0.2, 0.25) is 5.91 Å². The predicted octanol–water partition coefficient (Wildman–Crippen LogP) is 3.26. The van der Waals surface area contributed by atoms with Crippen LogP contribution in [0.3, 0.4) is 0 Å². The van der Waals surface area contributed by atoms with Crippen LogP contribution in [0, 0.1) is 0 Å². The number of rotatable bonds is 4. The Hall–Kier alpha value is -2.58. The number of thiophene rings is 1. The van der Waals surface area contributed by atoms with Crippen molar-refractivity contribution in [2.75, 3.05) is 5.32 Å². The molecule has 1 aromatic carbocycles. The fourth-order valence-electron chi connectivity index (χ4n) is 2.14. The van der Waals surface area contributed by atoms with Crippen molar-refractivity contribution in [2.24, 2.45) is 0 Å². The van der Waals surface area contributed by atoms with E-state index in [2.05, 4.69) is 20.6 Å². The third-order valence-electron chi connectivity index (χ3n) is 3.16. The van der Waals surface area contributed by atoms with E-state index in [9.17, 15) is 4.79 Å². The van der Waals surface area contributed by atoms with Crippen molar-refractivity contribution in [3.63, 3.8) is 0 Å². The average Bonchev–Trinajstić information content (AvgIpc) is 3.26. The topological polar surface area (TPSA) is 72.7 Å². The van der Waals surface area contributed by atoms with E-state index in [1.54, 1.807) is 17.5 Å². The van der Waals surface area contributed by atoms with Crippen LogP contribution in [-0.4, -0.2) is 25.9 Å². The van der Waals surface area contributed by atoms with E-state index in [4.69, 9.17) is 0 Å². The van der Waals surface area contributed by atoms with E-state index in [0.717, 1.165) is 20.8 Å². The smallest absolute Gasteiger partial charge is 0.247 e. The van der Waals surface area contributed by atoms with Crippen LogP contribution in [0.1, 0.15) is 0 Å². The van der Waals surface area contributed by atoms with Gasteiger partial charge < -0.3 is 5.32 Å². The van der Waals surface area contributed by atoms with E-state index in [-0.39, 0.29) is 12.5 Å². The van der Waals surface area contributed by atoms with Crippen LogP contribution in [0.4, 0.5) is 5.13 Å². The number of fused-ring (bicyclic) bond motifs is 1. The molecule has 4 rings (SSSR count). The number of amides is 1. The number of nitrogens with zero attached hydrogens (tertiary/aromatic N) is 4. The summed E-state index contributed by atoms with van der Waals surface area (Å²) in [5, 5.41) is 13.5. The van der Waals surface area contributed by atoms with Gasteiger partial charge in [0, 0.05) is 0 Å². The van der Waals surface area contributed by atoms with Crippen molar-refractivity contribution >= 4 is 43.9 Å². The van der Waals surface area contributed by atoms with Crippen LogP contribution < -0.4 is 5.32 Å². The second-order valence-electron chi connectivity index (χ2n) is 4.81. The summed E-state index contributed by atoms with van der Waals surface area (Å²) in [5.41, 5.74) is 1.65. The Bertz CT molecular complexity index is 924. The number of carbonyl (C=O) groups is 1. The summed E-state index contributed by atoms with van der Waals surface area (Å²) < 4.78 is 2.57. The number of anilines is 1. The molecule has 3 heterocycles. The Labute approximate surface area is 139 Å². The molecule has 0 unspecified atom stereocenters. The molecule has 6 nitrogen and oxygen atoms in total. The highest BCUT2D eigenvalue weighted by Gasteiger charge is 2.10. The van der Waals surface area contributed by atoms with Crippen molar-refractivity contribution in [1.29, 1.82) is 0 Å². The predicted molar refractivity (Wildman–Crippen MR) is 91.6 cm³/mol. The Kier molecular flexibility index (Phi) is 3.60. The third kappa shape index (κ3) is 2.99. The van der Waals surface area contributed by atoms with Crippen molar-refractivity contribution in [2.45, 2.75) is 6.54 Å². The van der Waals surface area contributed by atoms with Crippen LogP contribution in [0.25, 0.3) is 20.8 Å². The first kappa shape index (κ1) is 14.0. The van der Waals surface area contributed by atoms with Crippen LogP contribution in [0.15, 0.2) is 48.0 Å². The van der Waals surface area contributed by atoms with Crippen molar-refractivity contribution in [1.82, 2.24) is 20.0 Å². The summed E-state index contributed by atoms with van der Waals surface area (Å²) in [7, 11) is 0. The molecule has 23 heavy (non-hydrogen) atoms. The first-order chi connectivity index (χ1) is 11.3. The Balaban J connectivity index is 1.45. The van der Waals surface area contributed by atoms with Gasteiger partial charge in [-0.1, -0.05) is 34.7 Å². The summed E-state index contributed by atoms with van der Waals surface area (Å²) in [6.45, 7) is 0.105. The normalized spacial score (nSPS) is 11.0. The zero-order valence-corrected chi connectivity index (χ0v) is 13.5. The molecule has 0 atom stereocenters. The lowest BCUT2D eigenvalue weighted by molar-refractivity contribution is -0.116. The number of hydrogen-bond donors (Lipinski definition) is 1. The van der Waals surface area contributed by atoms with Gasteiger partial charge >= 0.3 is 0 Å². The molecule has 114 valence electrons. The highest BCUT2D eigenvalue weighted by atomic mass is 32.1. The lowest BCUT2D eigenvalue weighted by Gasteiger charge is -2.00. The number of para-hydroxylation sites is 1. The lowest BCUT2D eigenvalue weighted by atomic mass is 10.3. The zero-order chi connectivity index (χ0) is 15.6. The number of aromatic nitrogens is 4. The van der Waals surface area contributed by atoms with Gasteiger partial charge in [-0.25, -0.2) is 9.67 Å². The van der Waals surface area contributed by atoms with Crippen LogP contribution in [0.5, 0.6) is 0 Å². The summed E-state index contributed by atoms with van der Waals surface area (Å²) in [5.74, 6) is -0.174. The van der Waals surface area contributed by atoms with Gasteiger partial charge in [-0.3, -0.25) is 4.79 Å². The van der Waals surface area contributed by atoms with E-state index in [0.29, 0.717) is 5.13 Å². The maximum atomic E-state index is 12.1. The summed E-state index contributed by atoms with van der Waals surface area (Å²) >= 11 is 3.04. The molecule has 0 aliphatic rings. The van der Waals surface area contributed by atoms with Crippen LogP contribution >= 0.6 is 22.7 Å². The number of carbonyl (C=O) groups excluding carboxylic acids is 1. The SMILES string of the molecule is O=C(Cn1cc(-c2cccs2)nn1)Nc1nc2ccccc2s1. The number of nitrogens with one attached hydrogen (secondary N) is 1. The van der Waals surface area contributed by atoms with Crippen molar-refractivity contribution in [3.05, 3.63) is 48.0 Å². The molecule has 1 N–H and O–H groups in total. The molecule has 3 aromatic heterocycles. The lowest BCUT2D eigenvalue weighted by Crippen LogP contribution is -2.18. The molecule has 8 heteroatoms. The van der Waals surface area contributed by atoms with Crippen LogP contribution in [0.2, 0.25) is 0 Å². The molecule has 0 radical (unpaired) electrons. The molecule has 0 aliphatic heterocycles. The Morgan fingerprint density at radius 2 is 2.13 bits per heavy atom. The number of benzene rings is 1. The minimum absolute atomic E-state index is 0.105. The van der Waals surface area contributed by atoms with E-state index < -0.39 is 0 Å². The van der Waals surface area contributed by atoms with Gasteiger partial charge in [-0.2, -0.15) is 0 Å². The van der Waals surface area contributed by atoms with E-state index in [1.165, 1.54) is 16.0 Å². The highest BCUT2D eigenvalue weighted by Crippen LogP contribution is 2.25. The maximum Gasteiger partial charge on any atom is 0.247 e. The monoisotopic (exact) mass is 341 g/mol. The fourth-order valence-corrected chi connectivity index (χ4v) is 3.70. The molecule has 0 saturated heterocycles. The molecule has 0 bridgehead atoms. The van der Waals surface area contributed by atoms with E-state index >= 15 is 0 Å². The third-order valence-corrected chi connectivity index (χ3v) is 5.00. The van der Waals surface area contributed by atoms with Gasteiger partial charge in [0.05, 0.1) is 21.3 Å². The van der Waals surface area contributed by atoms with Gasteiger partial charge in [0.1, 0.15) is 12.2 Å². The minimum atomic E-state index is -0.174. The first-order valence-corrected chi connectivity index (χ1v) is 8.57. The Morgan fingerprint density at radius 1 is 1.22 bits per heavy atom. The first-order valence-electron chi connectivity index (χ1n) is 6.87. The van der Waals surface area contributed by atoms with Crippen molar-refractivity contribution in [3.8, 4) is 10.6 Å². The fraction of sp³-hybridized carbons (Fsp3) is 0.0667. The van der Waals surface area contributed by atoms with Gasteiger partial charge in [0.25, 0.3) is 0 Å². The van der Waals surface area contributed by atoms with Crippen LogP contribution in [-0.2, 0) is 11.3 Å². The average molecular weight is 341 g/mol. The van der Waals surface area contributed by atoms with Crippen molar-refractivity contribution < 1.29 is 4.79 Å². The molecule has 1 amide bonds. The molecular formula is C15H11N5OS2. The quantitative estimate of drug-likeness (QED) is 0.618.